The van der Waals surface area contributed by atoms with Crippen LogP contribution < -0.4 is 20.1 Å². The standard InChI is InChI=1S/C40H40N8O7S3/c49-34(30-21-56-22-41-30)43-29-14-5-3-1-2-4-10-23-19-40(23,39(52)47-58(53,54)25-16-17-25)46-35(50)31-18-24(20-48(31)38(29)51)55-36-33(42-26-11-6-7-12-27(26)44-36)37-45-28-13-8-9-15-32(28)57-37/h4,6-13,15,21-25,29,31H,1-3,5,14,16-20H2,(H,43,49)(H,46,50)(H,47,52)/b10-4-/t23-,24-,29+,31+,40-/m1/s1. The minimum absolute atomic E-state index is 0.0106. The van der Waals surface area contributed by atoms with Crippen LogP contribution in [0.4, 0.5) is 0 Å². The fourth-order valence-electron chi connectivity index (χ4n) is 7.74. The van der Waals surface area contributed by atoms with Crippen molar-refractivity contribution in [2.75, 3.05) is 6.54 Å². The van der Waals surface area contributed by atoms with Crippen molar-refractivity contribution in [1.82, 2.24) is 40.2 Å². The van der Waals surface area contributed by atoms with Crippen LogP contribution in [-0.4, -0.2) is 92.4 Å². The summed E-state index contributed by atoms with van der Waals surface area (Å²) in [6.07, 6.45) is 7.38. The van der Waals surface area contributed by atoms with Crippen LogP contribution in [0.25, 0.3) is 32.0 Å². The van der Waals surface area contributed by atoms with Gasteiger partial charge in [0.1, 0.15) is 34.4 Å². The molecule has 3 N–H and O–H groups in total. The molecule has 15 nitrogen and oxygen atoms in total. The number of benzene rings is 2. The SMILES string of the molecule is O=C(N[C@H]1CCCCC/C=C\[C@@H]2C[C@@]2(C(=O)NS(=O)(=O)C2CC2)NC(=O)[C@@H]2C[C@@H](Oc3nc4ccccc4nc3-c3nc4ccccc4s3)CN2C1=O)c1cscn1. The third-order valence-electron chi connectivity index (χ3n) is 11.1. The van der Waals surface area contributed by atoms with Gasteiger partial charge < -0.3 is 20.3 Å². The molecule has 0 unspecified atom stereocenters. The normalized spacial score (nSPS) is 25.8. The number of para-hydroxylation sites is 3. The summed E-state index contributed by atoms with van der Waals surface area (Å²) in [7, 11) is -3.91. The Morgan fingerprint density at radius 1 is 0.948 bits per heavy atom. The van der Waals surface area contributed by atoms with Gasteiger partial charge in [0.15, 0.2) is 5.69 Å². The third-order valence-corrected chi connectivity index (χ3v) is 14.6. The van der Waals surface area contributed by atoms with Gasteiger partial charge in [-0.2, -0.15) is 0 Å². The van der Waals surface area contributed by atoms with E-state index in [2.05, 4.69) is 20.3 Å². The second-order valence-electron chi connectivity index (χ2n) is 15.2. The highest BCUT2D eigenvalue weighted by molar-refractivity contribution is 7.91. The van der Waals surface area contributed by atoms with Crippen LogP contribution in [0.2, 0.25) is 0 Å². The summed E-state index contributed by atoms with van der Waals surface area (Å²) in [5, 5.41) is 7.32. The molecule has 2 aliphatic carbocycles. The second-order valence-corrected chi connectivity index (χ2v) is 19.0. The molecule has 3 aromatic heterocycles. The maximum absolute atomic E-state index is 14.7. The average molecular weight is 841 g/mol. The van der Waals surface area contributed by atoms with E-state index in [1.807, 2.05) is 60.7 Å². The Kier molecular flexibility index (Phi) is 10.2. The summed E-state index contributed by atoms with van der Waals surface area (Å²) < 4.78 is 35.7. The Bertz CT molecular complexity index is 2530. The number of carbonyl (C=O) groups is 4. The Balaban J connectivity index is 1.06. The van der Waals surface area contributed by atoms with Crippen LogP contribution in [0.3, 0.4) is 0 Å². The van der Waals surface area contributed by atoms with Crippen molar-refractivity contribution in [1.29, 1.82) is 0 Å². The van der Waals surface area contributed by atoms with Crippen LogP contribution in [-0.2, 0) is 24.4 Å². The van der Waals surface area contributed by atoms with E-state index in [1.165, 1.54) is 33.1 Å². The van der Waals surface area contributed by atoms with Crippen molar-refractivity contribution >= 4 is 77.6 Å². The molecule has 5 heterocycles. The van der Waals surface area contributed by atoms with E-state index in [-0.39, 0.29) is 31.0 Å². The number of nitrogens with zero attached hydrogens (tertiary/aromatic N) is 5. The zero-order valence-corrected chi connectivity index (χ0v) is 33.7. The molecule has 2 aromatic carbocycles. The number of fused-ring (bicyclic) bond motifs is 4. The van der Waals surface area contributed by atoms with E-state index in [0.717, 1.165) is 23.1 Å². The maximum atomic E-state index is 14.7. The number of nitrogens with one attached hydrogen (secondary N) is 3. The zero-order chi connectivity index (χ0) is 40.0. The lowest BCUT2D eigenvalue weighted by molar-refractivity contribution is -0.141. The number of allylic oxidation sites excluding steroid dienone is 1. The van der Waals surface area contributed by atoms with Crippen LogP contribution in [0.1, 0.15) is 68.3 Å². The zero-order valence-electron chi connectivity index (χ0n) is 31.2. The number of carbonyl (C=O) groups excluding carboxylic acids is 4. The third kappa shape index (κ3) is 7.67. The number of sulfonamides is 1. The molecule has 0 spiro atoms. The fraction of sp³-hybridized carbons (Fsp3) is 0.400. The van der Waals surface area contributed by atoms with E-state index < -0.39 is 68.5 Å². The summed E-state index contributed by atoms with van der Waals surface area (Å²) in [5.41, 5.74) is 2.61. The first-order chi connectivity index (χ1) is 28.1. The minimum atomic E-state index is -3.91. The van der Waals surface area contributed by atoms with Gasteiger partial charge in [0.25, 0.3) is 11.8 Å². The summed E-state index contributed by atoms with van der Waals surface area (Å²) in [4.78, 5) is 76.5. The average Bonchev–Trinajstić information content (AvgIpc) is 3.98. The lowest BCUT2D eigenvalue weighted by Crippen LogP contribution is -2.58. The van der Waals surface area contributed by atoms with E-state index in [9.17, 15) is 27.6 Å². The number of thiazole rings is 2. The molecule has 3 fully saturated rings. The first-order valence-electron chi connectivity index (χ1n) is 19.4. The van der Waals surface area contributed by atoms with Gasteiger partial charge in [-0.05, 0) is 62.8 Å². The maximum Gasteiger partial charge on any atom is 0.271 e. The van der Waals surface area contributed by atoms with Gasteiger partial charge >= 0.3 is 0 Å². The molecule has 4 amide bonds. The highest BCUT2D eigenvalue weighted by atomic mass is 32.2. The highest BCUT2D eigenvalue weighted by Gasteiger charge is 2.62. The van der Waals surface area contributed by atoms with E-state index in [4.69, 9.17) is 19.7 Å². The van der Waals surface area contributed by atoms with Crippen molar-refractivity contribution in [3.63, 3.8) is 0 Å². The number of hydrogen-bond donors (Lipinski definition) is 3. The molecular formula is C40H40N8O7S3. The molecule has 5 aromatic rings. The molecule has 0 radical (unpaired) electrons. The summed E-state index contributed by atoms with van der Waals surface area (Å²) in [5.74, 6) is -2.68. The lowest BCUT2D eigenvalue weighted by atomic mass is 10.0. The van der Waals surface area contributed by atoms with Crippen molar-refractivity contribution < 1.29 is 32.3 Å². The molecule has 9 rings (SSSR count). The molecule has 18 heteroatoms. The van der Waals surface area contributed by atoms with Gasteiger partial charge in [0, 0.05) is 17.7 Å². The molecule has 4 aliphatic rings. The lowest BCUT2D eigenvalue weighted by Gasteiger charge is -2.29. The predicted molar refractivity (Wildman–Crippen MR) is 217 cm³/mol. The van der Waals surface area contributed by atoms with Gasteiger partial charge in [-0.1, -0.05) is 49.3 Å². The van der Waals surface area contributed by atoms with Crippen LogP contribution >= 0.6 is 22.7 Å². The van der Waals surface area contributed by atoms with Gasteiger partial charge in [-0.15, -0.1) is 22.7 Å². The first kappa shape index (κ1) is 38.2. The molecule has 58 heavy (non-hydrogen) atoms. The Morgan fingerprint density at radius 3 is 2.48 bits per heavy atom. The first-order valence-corrected chi connectivity index (χ1v) is 22.7. The molecule has 2 aliphatic heterocycles. The number of hydrogen-bond acceptors (Lipinski definition) is 13. The van der Waals surface area contributed by atoms with Crippen LogP contribution in [0, 0.1) is 5.92 Å². The summed E-state index contributed by atoms with van der Waals surface area (Å²) >= 11 is 2.70. The van der Waals surface area contributed by atoms with Crippen LogP contribution in [0.15, 0.2) is 71.6 Å². The number of amides is 4. The summed E-state index contributed by atoms with van der Waals surface area (Å²) in [6.45, 7) is -0.0492. The topological polar surface area (TPSA) is 203 Å². The van der Waals surface area contributed by atoms with Gasteiger partial charge in [-0.25, -0.2) is 28.4 Å². The summed E-state index contributed by atoms with van der Waals surface area (Å²) in [6, 6.07) is 13.0. The van der Waals surface area contributed by atoms with E-state index in [0.29, 0.717) is 53.8 Å². The molecule has 5 atom stereocenters. The Morgan fingerprint density at radius 2 is 1.72 bits per heavy atom. The predicted octanol–water partition coefficient (Wildman–Crippen LogP) is 4.51. The largest absolute Gasteiger partial charge is 0.471 e. The smallest absolute Gasteiger partial charge is 0.271 e. The Labute approximate surface area is 341 Å². The second kappa shape index (κ2) is 15.4. The highest BCUT2D eigenvalue weighted by Crippen LogP contribution is 2.46. The van der Waals surface area contributed by atoms with E-state index >= 15 is 0 Å². The van der Waals surface area contributed by atoms with E-state index in [1.54, 1.807) is 5.38 Å². The van der Waals surface area contributed by atoms with Crippen molar-refractivity contribution in [3.8, 4) is 16.6 Å². The molecule has 0 bridgehead atoms. The Hall–Kier alpha value is -5.33. The van der Waals surface area contributed by atoms with Crippen molar-refractivity contribution in [2.24, 2.45) is 5.92 Å². The van der Waals surface area contributed by atoms with Gasteiger partial charge in [0.05, 0.1) is 38.6 Å². The molecular weight excluding hydrogens is 801 g/mol. The molecule has 300 valence electrons. The van der Waals surface area contributed by atoms with Crippen molar-refractivity contribution in [3.05, 3.63) is 77.3 Å². The molecule has 1 saturated heterocycles. The quantitative estimate of drug-likeness (QED) is 0.186. The monoisotopic (exact) mass is 840 g/mol. The van der Waals surface area contributed by atoms with Crippen LogP contribution in [0.5, 0.6) is 5.88 Å². The van der Waals surface area contributed by atoms with Gasteiger partial charge in [0.2, 0.25) is 27.7 Å². The van der Waals surface area contributed by atoms with Crippen molar-refractivity contribution in [2.45, 2.75) is 86.8 Å². The molecule has 2 saturated carbocycles. The minimum Gasteiger partial charge on any atom is -0.471 e. The van der Waals surface area contributed by atoms with Gasteiger partial charge in [-0.3, -0.25) is 23.9 Å². The fourth-order valence-corrected chi connectivity index (χ4v) is 10.6. The number of rotatable bonds is 8. The number of ether oxygens (including phenoxy) is 1. The number of aromatic nitrogens is 4.